The lowest BCUT2D eigenvalue weighted by atomic mass is 10.2. The molecule has 59 valence electrons. The van der Waals surface area contributed by atoms with Crippen molar-refractivity contribution in [2.75, 3.05) is 0 Å². The van der Waals surface area contributed by atoms with Gasteiger partial charge in [0.1, 0.15) is 12.0 Å². The molecule has 0 saturated heterocycles. The number of benzene rings is 1. The highest BCUT2D eigenvalue weighted by molar-refractivity contribution is 5.55. The molecule has 0 N–H and O–H groups in total. The molecule has 0 bridgehead atoms. The number of hydrogen-bond acceptors (Lipinski definition) is 2. The molecular formula is C9H5FNO. The van der Waals surface area contributed by atoms with Crippen molar-refractivity contribution in [3.05, 3.63) is 42.7 Å². The largest absolute Gasteiger partial charge is 0.443 e. The van der Waals surface area contributed by atoms with Crippen LogP contribution in [0.5, 0.6) is 0 Å². The standard InChI is InChI=1S/C9H5FNO/c10-8-4-2-1-3-7(8)9-5-11-6-12-9/h1-4,6H. The smallest absolute Gasteiger partial charge is 0.182 e. The Morgan fingerprint density at radius 1 is 1.33 bits per heavy atom. The maximum atomic E-state index is 13.0. The molecule has 1 aromatic carbocycles. The summed E-state index contributed by atoms with van der Waals surface area (Å²) in [6, 6.07) is 6.34. The number of oxazole rings is 1. The van der Waals surface area contributed by atoms with Crippen LogP contribution in [0.25, 0.3) is 11.3 Å². The molecule has 2 nitrogen and oxygen atoms in total. The first-order chi connectivity index (χ1) is 5.88. The van der Waals surface area contributed by atoms with Crippen molar-refractivity contribution in [2.24, 2.45) is 0 Å². The summed E-state index contributed by atoms with van der Waals surface area (Å²) in [7, 11) is 0. The van der Waals surface area contributed by atoms with Gasteiger partial charge < -0.3 is 4.42 Å². The molecule has 3 heteroatoms. The number of rotatable bonds is 1. The highest BCUT2D eigenvalue weighted by atomic mass is 19.1. The topological polar surface area (TPSA) is 26.0 Å². The lowest BCUT2D eigenvalue weighted by Crippen LogP contribution is -1.79. The number of nitrogens with zero attached hydrogens (tertiary/aromatic N) is 1. The van der Waals surface area contributed by atoms with Crippen LogP contribution < -0.4 is 0 Å². The van der Waals surface area contributed by atoms with E-state index in [1.807, 2.05) is 0 Å². The highest BCUT2D eigenvalue weighted by Gasteiger charge is 2.06. The van der Waals surface area contributed by atoms with Crippen LogP contribution in [0.4, 0.5) is 4.39 Å². The zero-order valence-corrected chi connectivity index (χ0v) is 6.12. The fraction of sp³-hybridized carbons (Fsp3) is 0. The fourth-order valence-electron chi connectivity index (χ4n) is 0.959. The first-order valence-corrected chi connectivity index (χ1v) is 3.44. The van der Waals surface area contributed by atoms with Gasteiger partial charge in [-0.3, -0.25) is 0 Å². The minimum atomic E-state index is -0.328. The van der Waals surface area contributed by atoms with Crippen molar-refractivity contribution in [1.29, 1.82) is 0 Å². The third kappa shape index (κ3) is 1.09. The monoisotopic (exact) mass is 162 g/mol. The SMILES string of the molecule is Fc1ccccc1-c1[c]nco1. The Hall–Kier alpha value is -1.64. The summed E-state index contributed by atoms with van der Waals surface area (Å²) in [6.07, 6.45) is 3.76. The Bertz CT molecular complexity index is 370. The summed E-state index contributed by atoms with van der Waals surface area (Å²) in [5.41, 5.74) is 0.384. The maximum Gasteiger partial charge on any atom is 0.182 e. The first kappa shape index (κ1) is 7.03. The van der Waals surface area contributed by atoms with Gasteiger partial charge in [0.15, 0.2) is 12.2 Å². The second-order valence-corrected chi connectivity index (χ2v) is 2.27. The summed E-state index contributed by atoms with van der Waals surface area (Å²) in [5, 5.41) is 0. The van der Waals surface area contributed by atoms with E-state index in [1.54, 1.807) is 18.2 Å². The van der Waals surface area contributed by atoms with E-state index in [9.17, 15) is 4.39 Å². The second-order valence-electron chi connectivity index (χ2n) is 2.27. The van der Waals surface area contributed by atoms with Crippen LogP contribution in [-0.2, 0) is 0 Å². The predicted octanol–water partition coefficient (Wildman–Crippen LogP) is 2.28. The van der Waals surface area contributed by atoms with E-state index in [0.29, 0.717) is 11.3 Å². The van der Waals surface area contributed by atoms with E-state index in [4.69, 9.17) is 4.42 Å². The number of hydrogen-bond donors (Lipinski definition) is 0. The Kier molecular flexibility index (Phi) is 1.63. The molecule has 12 heavy (non-hydrogen) atoms. The highest BCUT2D eigenvalue weighted by Crippen LogP contribution is 2.20. The van der Waals surface area contributed by atoms with Crippen molar-refractivity contribution in [1.82, 2.24) is 4.98 Å². The van der Waals surface area contributed by atoms with Crippen LogP contribution in [-0.4, -0.2) is 4.98 Å². The molecule has 0 saturated carbocycles. The van der Waals surface area contributed by atoms with Crippen molar-refractivity contribution < 1.29 is 8.81 Å². The minimum absolute atomic E-state index is 0.327. The normalized spacial score (nSPS) is 10.1. The van der Waals surface area contributed by atoms with Gasteiger partial charge in [-0.15, -0.1) is 0 Å². The lowest BCUT2D eigenvalue weighted by molar-refractivity contribution is 0.561. The van der Waals surface area contributed by atoms with Crippen molar-refractivity contribution in [3.63, 3.8) is 0 Å². The molecule has 1 radical (unpaired) electrons. The van der Waals surface area contributed by atoms with Crippen molar-refractivity contribution >= 4 is 0 Å². The minimum Gasteiger partial charge on any atom is -0.443 e. The third-order valence-corrected chi connectivity index (χ3v) is 1.51. The van der Waals surface area contributed by atoms with Crippen LogP contribution in [0, 0.1) is 12.0 Å². The maximum absolute atomic E-state index is 13.0. The average Bonchev–Trinajstić information content (AvgIpc) is 2.57. The zero-order chi connectivity index (χ0) is 8.39. The molecule has 1 heterocycles. The van der Waals surface area contributed by atoms with Gasteiger partial charge >= 0.3 is 0 Å². The molecule has 2 aromatic rings. The molecule has 0 fully saturated rings. The molecule has 0 aliphatic carbocycles. The molecule has 0 spiro atoms. The van der Waals surface area contributed by atoms with Gasteiger partial charge in [-0.25, -0.2) is 9.37 Å². The van der Waals surface area contributed by atoms with Gasteiger partial charge in [0.05, 0.1) is 5.56 Å². The Labute approximate surface area is 68.7 Å². The predicted molar refractivity (Wildman–Crippen MR) is 40.7 cm³/mol. The van der Waals surface area contributed by atoms with Crippen LogP contribution in [0.1, 0.15) is 0 Å². The van der Waals surface area contributed by atoms with Crippen molar-refractivity contribution in [2.45, 2.75) is 0 Å². The van der Waals surface area contributed by atoms with Gasteiger partial charge in [-0.05, 0) is 12.1 Å². The Balaban J connectivity index is 2.55. The summed E-state index contributed by atoms with van der Waals surface area (Å²) in [4.78, 5) is 3.58. The lowest BCUT2D eigenvalue weighted by Gasteiger charge is -1.95. The van der Waals surface area contributed by atoms with E-state index >= 15 is 0 Å². The average molecular weight is 162 g/mol. The summed E-state index contributed by atoms with van der Waals surface area (Å²) < 4.78 is 17.9. The van der Waals surface area contributed by atoms with E-state index in [2.05, 4.69) is 11.2 Å². The summed E-state index contributed by atoms with van der Waals surface area (Å²) in [5.74, 6) is -0.00130. The molecule has 0 amide bonds. The Morgan fingerprint density at radius 3 is 2.83 bits per heavy atom. The van der Waals surface area contributed by atoms with Gasteiger partial charge in [0.25, 0.3) is 0 Å². The fourth-order valence-corrected chi connectivity index (χ4v) is 0.959. The first-order valence-electron chi connectivity index (χ1n) is 3.44. The van der Waals surface area contributed by atoms with Crippen molar-refractivity contribution in [3.8, 4) is 11.3 Å². The molecule has 0 aliphatic heterocycles. The van der Waals surface area contributed by atoms with Crippen LogP contribution >= 0.6 is 0 Å². The molecule has 0 atom stereocenters. The third-order valence-electron chi connectivity index (χ3n) is 1.51. The van der Waals surface area contributed by atoms with Gasteiger partial charge in [0.2, 0.25) is 0 Å². The molecular weight excluding hydrogens is 157 g/mol. The van der Waals surface area contributed by atoms with Crippen LogP contribution in [0.3, 0.4) is 0 Å². The van der Waals surface area contributed by atoms with Crippen LogP contribution in [0.15, 0.2) is 35.1 Å². The number of aromatic nitrogens is 1. The molecule has 0 aliphatic rings. The molecule has 1 aromatic heterocycles. The van der Waals surface area contributed by atoms with E-state index in [0.717, 1.165) is 0 Å². The van der Waals surface area contributed by atoms with E-state index in [-0.39, 0.29) is 5.82 Å². The second kappa shape index (κ2) is 2.77. The van der Waals surface area contributed by atoms with Gasteiger partial charge in [-0.2, -0.15) is 0 Å². The van der Waals surface area contributed by atoms with E-state index in [1.165, 1.54) is 12.5 Å². The van der Waals surface area contributed by atoms with Gasteiger partial charge in [0, 0.05) is 0 Å². The number of halogens is 1. The summed E-state index contributed by atoms with van der Waals surface area (Å²) >= 11 is 0. The molecule has 2 rings (SSSR count). The van der Waals surface area contributed by atoms with Gasteiger partial charge in [-0.1, -0.05) is 12.1 Å². The van der Waals surface area contributed by atoms with Crippen LogP contribution in [0.2, 0.25) is 0 Å². The summed E-state index contributed by atoms with van der Waals surface area (Å²) in [6.45, 7) is 0. The zero-order valence-electron chi connectivity index (χ0n) is 6.12. The quantitative estimate of drug-likeness (QED) is 0.642. The molecule has 0 unspecified atom stereocenters. The Morgan fingerprint density at radius 2 is 2.17 bits per heavy atom. The van der Waals surface area contributed by atoms with E-state index < -0.39 is 0 Å².